The average molecular weight is 222 g/mol. The van der Waals surface area contributed by atoms with Gasteiger partial charge in [-0.25, -0.2) is 0 Å². The van der Waals surface area contributed by atoms with E-state index in [1.807, 2.05) is 25.1 Å². The Labute approximate surface area is 94.1 Å². The molecule has 2 aliphatic heterocycles. The lowest BCUT2D eigenvalue weighted by Crippen LogP contribution is -2.41. The van der Waals surface area contributed by atoms with E-state index in [0.29, 0.717) is 26.4 Å². The molecule has 16 heavy (non-hydrogen) atoms. The van der Waals surface area contributed by atoms with Gasteiger partial charge in [0.1, 0.15) is 13.2 Å². The van der Waals surface area contributed by atoms with E-state index in [1.54, 1.807) is 0 Å². The third-order valence-corrected chi connectivity index (χ3v) is 2.81. The van der Waals surface area contributed by atoms with Crippen LogP contribution in [0.15, 0.2) is 18.2 Å². The van der Waals surface area contributed by atoms with Crippen LogP contribution in [0.4, 0.5) is 0 Å². The molecule has 0 N–H and O–H groups in total. The maximum Gasteiger partial charge on any atom is 0.238 e. The van der Waals surface area contributed by atoms with Gasteiger partial charge in [0.05, 0.1) is 13.2 Å². The van der Waals surface area contributed by atoms with Crippen molar-refractivity contribution < 1.29 is 18.9 Å². The molecule has 0 unspecified atom stereocenters. The van der Waals surface area contributed by atoms with Crippen molar-refractivity contribution in [3.05, 3.63) is 23.8 Å². The first-order chi connectivity index (χ1) is 7.77. The van der Waals surface area contributed by atoms with Crippen molar-refractivity contribution in [3.8, 4) is 11.5 Å². The van der Waals surface area contributed by atoms with E-state index in [0.717, 1.165) is 17.1 Å². The predicted molar refractivity (Wildman–Crippen MR) is 56.8 cm³/mol. The average Bonchev–Trinajstić information content (AvgIpc) is 2.66. The molecule has 3 rings (SSSR count). The lowest BCUT2D eigenvalue weighted by atomic mass is 10.2. The molecular weight excluding hydrogens is 208 g/mol. The van der Waals surface area contributed by atoms with Crippen molar-refractivity contribution in [2.45, 2.75) is 12.7 Å². The number of benzene rings is 1. The number of ether oxygens (including phenoxy) is 4. The molecule has 1 aromatic rings. The lowest BCUT2D eigenvalue weighted by molar-refractivity contribution is -0.189. The van der Waals surface area contributed by atoms with E-state index in [2.05, 4.69) is 0 Å². The monoisotopic (exact) mass is 222 g/mol. The topological polar surface area (TPSA) is 36.9 Å². The highest BCUT2D eigenvalue weighted by molar-refractivity contribution is 5.43. The van der Waals surface area contributed by atoms with Crippen LogP contribution >= 0.6 is 0 Å². The highest BCUT2D eigenvalue weighted by atomic mass is 16.8. The van der Waals surface area contributed by atoms with Crippen LogP contribution in [0.5, 0.6) is 11.5 Å². The van der Waals surface area contributed by atoms with E-state index < -0.39 is 5.79 Å². The Morgan fingerprint density at radius 2 is 1.69 bits per heavy atom. The minimum absolute atomic E-state index is 0.378. The van der Waals surface area contributed by atoms with Crippen LogP contribution in [0.25, 0.3) is 0 Å². The summed E-state index contributed by atoms with van der Waals surface area (Å²) in [5.41, 5.74) is 1.14. The second-order valence-corrected chi connectivity index (χ2v) is 4.14. The molecule has 1 spiro atoms. The minimum Gasteiger partial charge on any atom is -0.484 e. The molecule has 0 aromatic heterocycles. The Balaban J connectivity index is 1.86. The zero-order chi connectivity index (χ0) is 11.0. The summed E-state index contributed by atoms with van der Waals surface area (Å²) < 4.78 is 22.5. The zero-order valence-corrected chi connectivity index (χ0v) is 9.19. The number of hydrogen-bond acceptors (Lipinski definition) is 4. The van der Waals surface area contributed by atoms with E-state index in [-0.39, 0.29) is 0 Å². The van der Waals surface area contributed by atoms with Crippen molar-refractivity contribution >= 4 is 0 Å². The summed E-state index contributed by atoms with van der Waals surface area (Å²) in [6.45, 7) is 3.98. The molecule has 1 fully saturated rings. The first-order valence-electron chi connectivity index (χ1n) is 5.42. The Kier molecular flexibility index (Phi) is 2.26. The maximum absolute atomic E-state index is 5.69. The van der Waals surface area contributed by atoms with Gasteiger partial charge in [0.15, 0.2) is 11.5 Å². The molecule has 2 aliphatic rings. The highest BCUT2D eigenvalue weighted by Gasteiger charge is 2.40. The molecule has 0 saturated carbocycles. The van der Waals surface area contributed by atoms with E-state index in [4.69, 9.17) is 18.9 Å². The molecule has 0 atom stereocenters. The summed E-state index contributed by atoms with van der Waals surface area (Å²) in [6, 6.07) is 5.87. The number of fused-ring (bicyclic) bond motifs is 1. The molecule has 0 amide bonds. The number of hydrogen-bond donors (Lipinski definition) is 0. The van der Waals surface area contributed by atoms with Gasteiger partial charge in [0, 0.05) is 0 Å². The quantitative estimate of drug-likeness (QED) is 0.666. The van der Waals surface area contributed by atoms with Gasteiger partial charge in [-0.1, -0.05) is 6.07 Å². The van der Waals surface area contributed by atoms with Crippen LogP contribution in [-0.2, 0) is 9.47 Å². The molecule has 0 bridgehead atoms. The Morgan fingerprint density at radius 3 is 2.44 bits per heavy atom. The van der Waals surface area contributed by atoms with Gasteiger partial charge in [-0.2, -0.15) is 0 Å². The van der Waals surface area contributed by atoms with Gasteiger partial charge < -0.3 is 18.9 Å². The summed E-state index contributed by atoms with van der Waals surface area (Å²) in [4.78, 5) is 0. The second kappa shape index (κ2) is 3.64. The Morgan fingerprint density at radius 1 is 1.00 bits per heavy atom. The fraction of sp³-hybridized carbons (Fsp3) is 0.500. The van der Waals surface area contributed by atoms with Crippen molar-refractivity contribution in [1.29, 1.82) is 0 Å². The lowest BCUT2D eigenvalue weighted by Gasteiger charge is -2.23. The van der Waals surface area contributed by atoms with E-state index in [1.165, 1.54) is 0 Å². The molecule has 4 nitrogen and oxygen atoms in total. The second-order valence-electron chi connectivity index (χ2n) is 4.14. The SMILES string of the molecule is Cc1ccc2c(c1)OCC1(CO2)OCCO1. The van der Waals surface area contributed by atoms with Crippen molar-refractivity contribution in [2.75, 3.05) is 26.4 Å². The van der Waals surface area contributed by atoms with Gasteiger partial charge in [-0.15, -0.1) is 0 Å². The van der Waals surface area contributed by atoms with Crippen LogP contribution in [0.2, 0.25) is 0 Å². The Hall–Kier alpha value is -1.26. The predicted octanol–water partition coefficient (Wildman–Crippen LogP) is 1.51. The normalized spacial score (nSPS) is 22.1. The van der Waals surface area contributed by atoms with Crippen LogP contribution in [-0.4, -0.2) is 32.2 Å². The van der Waals surface area contributed by atoms with Crippen LogP contribution < -0.4 is 9.47 Å². The third-order valence-electron chi connectivity index (χ3n) is 2.81. The minimum atomic E-state index is -0.715. The van der Waals surface area contributed by atoms with Gasteiger partial charge in [0.2, 0.25) is 5.79 Å². The van der Waals surface area contributed by atoms with E-state index in [9.17, 15) is 0 Å². The smallest absolute Gasteiger partial charge is 0.238 e. The van der Waals surface area contributed by atoms with Gasteiger partial charge in [-0.3, -0.25) is 0 Å². The molecule has 4 heteroatoms. The first-order valence-corrected chi connectivity index (χ1v) is 5.42. The number of rotatable bonds is 0. The summed E-state index contributed by atoms with van der Waals surface area (Å²) in [5, 5.41) is 0. The fourth-order valence-corrected chi connectivity index (χ4v) is 1.93. The van der Waals surface area contributed by atoms with Crippen molar-refractivity contribution in [3.63, 3.8) is 0 Å². The van der Waals surface area contributed by atoms with Crippen LogP contribution in [0.3, 0.4) is 0 Å². The molecule has 1 aromatic carbocycles. The standard InChI is InChI=1S/C12H14O4/c1-9-2-3-10-11(6-9)14-8-12(7-13-10)15-4-5-16-12/h2-3,6H,4-5,7-8H2,1H3. The number of aryl methyl sites for hydroxylation is 1. The zero-order valence-electron chi connectivity index (χ0n) is 9.19. The molecular formula is C12H14O4. The largest absolute Gasteiger partial charge is 0.484 e. The molecule has 2 heterocycles. The van der Waals surface area contributed by atoms with Crippen molar-refractivity contribution in [2.24, 2.45) is 0 Å². The van der Waals surface area contributed by atoms with Gasteiger partial charge in [0.25, 0.3) is 0 Å². The summed E-state index contributed by atoms with van der Waals surface area (Å²) in [6.07, 6.45) is 0. The van der Waals surface area contributed by atoms with E-state index >= 15 is 0 Å². The van der Waals surface area contributed by atoms with Crippen LogP contribution in [0.1, 0.15) is 5.56 Å². The molecule has 0 radical (unpaired) electrons. The van der Waals surface area contributed by atoms with Crippen molar-refractivity contribution in [1.82, 2.24) is 0 Å². The Bertz CT molecular complexity index is 396. The molecule has 0 aliphatic carbocycles. The van der Waals surface area contributed by atoms with Gasteiger partial charge >= 0.3 is 0 Å². The van der Waals surface area contributed by atoms with Gasteiger partial charge in [-0.05, 0) is 24.6 Å². The first kappa shape index (κ1) is 9.93. The third kappa shape index (κ3) is 1.64. The maximum atomic E-state index is 5.69. The summed E-state index contributed by atoms with van der Waals surface area (Å²) in [5.74, 6) is 0.796. The summed E-state index contributed by atoms with van der Waals surface area (Å²) in [7, 11) is 0. The fourth-order valence-electron chi connectivity index (χ4n) is 1.93. The highest BCUT2D eigenvalue weighted by Crippen LogP contribution is 2.34. The summed E-state index contributed by atoms with van der Waals surface area (Å²) >= 11 is 0. The van der Waals surface area contributed by atoms with Crippen LogP contribution in [0, 0.1) is 6.92 Å². The molecule has 1 saturated heterocycles. The molecule has 86 valence electrons.